The highest BCUT2D eigenvalue weighted by atomic mass is 16.5. The molecule has 4 nitrogen and oxygen atoms in total. The molecule has 1 aromatic rings. The van der Waals surface area contributed by atoms with Crippen molar-refractivity contribution in [3.63, 3.8) is 0 Å². The third-order valence-corrected chi connectivity index (χ3v) is 4.42. The van der Waals surface area contributed by atoms with Gasteiger partial charge in [0.1, 0.15) is 0 Å². The van der Waals surface area contributed by atoms with Gasteiger partial charge in [-0.15, -0.1) is 0 Å². The van der Waals surface area contributed by atoms with E-state index in [2.05, 4.69) is 24.1 Å². The maximum Gasteiger partial charge on any atom is 0.253 e. The van der Waals surface area contributed by atoms with Crippen LogP contribution in [0.1, 0.15) is 38.4 Å². The van der Waals surface area contributed by atoms with Gasteiger partial charge in [0.25, 0.3) is 5.91 Å². The molecule has 1 fully saturated rings. The molecule has 2 rings (SSSR count). The van der Waals surface area contributed by atoms with Crippen LogP contribution in [0.5, 0.6) is 0 Å². The molecular weight excluding hydrogens is 276 g/mol. The summed E-state index contributed by atoms with van der Waals surface area (Å²) >= 11 is 0. The van der Waals surface area contributed by atoms with E-state index in [4.69, 9.17) is 4.74 Å². The van der Waals surface area contributed by atoms with Crippen LogP contribution in [0.15, 0.2) is 30.3 Å². The Kier molecular flexibility index (Phi) is 6.40. The zero-order valence-corrected chi connectivity index (χ0v) is 13.9. The maximum atomic E-state index is 12.4. The minimum absolute atomic E-state index is 0.0460. The van der Waals surface area contributed by atoms with E-state index in [0.717, 1.165) is 18.7 Å². The fourth-order valence-electron chi connectivity index (χ4n) is 3.09. The second kappa shape index (κ2) is 8.30. The number of piperidine rings is 1. The lowest BCUT2D eigenvalue weighted by Crippen LogP contribution is -2.44. The quantitative estimate of drug-likeness (QED) is 0.878. The van der Waals surface area contributed by atoms with E-state index in [1.54, 1.807) is 7.11 Å². The average Bonchev–Trinajstić information content (AvgIpc) is 2.55. The van der Waals surface area contributed by atoms with Crippen LogP contribution in [0.2, 0.25) is 0 Å². The summed E-state index contributed by atoms with van der Waals surface area (Å²) in [5.74, 6) is 0.490. The highest BCUT2D eigenvalue weighted by Crippen LogP contribution is 2.19. The van der Waals surface area contributed by atoms with Crippen LogP contribution in [0, 0.1) is 5.92 Å². The predicted octanol–water partition coefficient (Wildman–Crippen LogP) is 2.61. The number of hydrogen-bond acceptors (Lipinski definition) is 3. The monoisotopic (exact) mass is 304 g/mol. The van der Waals surface area contributed by atoms with Crippen molar-refractivity contribution in [2.24, 2.45) is 5.92 Å². The summed E-state index contributed by atoms with van der Waals surface area (Å²) in [5.41, 5.74) is 0.898. The molecule has 1 aliphatic heterocycles. The lowest BCUT2D eigenvalue weighted by Gasteiger charge is -2.35. The molecule has 0 aliphatic carbocycles. The minimum atomic E-state index is -0.522. The number of carbonyl (C=O) groups is 1. The number of nitrogens with one attached hydrogen (secondary N) is 1. The van der Waals surface area contributed by atoms with Gasteiger partial charge in [-0.1, -0.05) is 30.3 Å². The fourth-order valence-corrected chi connectivity index (χ4v) is 3.09. The molecule has 1 aliphatic rings. The molecule has 0 spiro atoms. The van der Waals surface area contributed by atoms with Gasteiger partial charge in [-0.3, -0.25) is 4.79 Å². The average molecular weight is 304 g/mol. The number of likely N-dealkylation sites (tertiary alicyclic amines) is 1. The van der Waals surface area contributed by atoms with Gasteiger partial charge < -0.3 is 15.0 Å². The smallest absolute Gasteiger partial charge is 0.253 e. The summed E-state index contributed by atoms with van der Waals surface area (Å²) in [4.78, 5) is 14.9. The highest BCUT2D eigenvalue weighted by Gasteiger charge is 2.24. The molecule has 0 radical (unpaired) electrons. The second-order valence-electron chi connectivity index (χ2n) is 6.37. The molecule has 22 heavy (non-hydrogen) atoms. The Morgan fingerprint density at radius 3 is 2.73 bits per heavy atom. The van der Waals surface area contributed by atoms with Crippen molar-refractivity contribution in [3.05, 3.63) is 35.9 Å². The van der Waals surface area contributed by atoms with Gasteiger partial charge >= 0.3 is 0 Å². The molecule has 0 unspecified atom stereocenters. The van der Waals surface area contributed by atoms with Crippen molar-refractivity contribution < 1.29 is 9.53 Å². The van der Waals surface area contributed by atoms with Crippen LogP contribution in [0.4, 0.5) is 0 Å². The maximum absolute atomic E-state index is 12.4. The van der Waals surface area contributed by atoms with Crippen LogP contribution in [0.25, 0.3) is 0 Å². The van der Waals surface area contributed by atoms with Gasteiger partial charge in [0.05, 0.1) is 0 Å². The number of methoxy groups -OCH3 is 1. The van der Waals surface area contributed by atoms with E-state index in [9.17, 15) is 4.79 Å². The summed E-state index contributed by atoms with van der Waals surface area (Å²) in [5, 5.41) is 3.07. The highest BCUT2D eigenvalue weighted by molar-refractivity contribution is 5.82. The summed E-state index contributed by atoms with van der Waals surface area (Å²) in [6, 6.07) is 10.2. The molecular formula is C18H28N2O2. The first-order chi connectivity index (χ1) is 10.6. The summed E-state index contributed by atoms with van der Waals surface area (Å²) in [7, 11) is 1.58. The Morgan fingerprint density at radius 2 is 2.09 bits per heavy atom. The lowest BCUT2D eigenvalue weighted by atomic mass is 9.97. The lowest BCUT2D eigenvalue weighted by molar-refractivity contribution is -0.131. The third-order valence-electron chi connectivity index (χ3n) is 4.42. The fraction of sp³-hybridized carbons (Fsp3) is 0.611. The van der Waals surface area contributed by atoms with Crippen molar-refractivity contribution in [2.45, 2.75) is 38.8 Å². The van der Waals surface area contributed by atoms with Crippen molar-refractivity contribution in [1.29, 1.82) is 0 Å². The van der Waals surface area contributed by atoms with Crippen LogP contribution >= 0.6 is 0 Å². The first-order valence-electron chi connectivity index (χ1n) is 8.21. The van der Waals surface area contributed by atoms with Gasteiger partial charge in [0, 0.05) is 26.2 Å². The molecule has 0 bridgehead atoms. The van der Waals surface area contributed by atoms with Gasteiger partial charge in [0.2, 0.25) is 0 Å². The molecule has 2 atom stereocenters. The van der Waals surface area contributed by atoms with Gasteiger partial charge in [-0.2, -0.15) is 0 Å². The molecule has 1 heterocycles. The van der Waals surface area contributed by atoms with Crippen LogP contribution in [-0.2, 0) is 9.53 Å². The van der Waals surface area contributed by atoms with E-state index >= 15 is 0 Å². The predicted molar refractivity (Wildman–Crippen MR) is 88.6 cm³/mol. The van der Waals surface area contributed by atoms with Gasteiger partial charge in [0.15, 0.2) is 6.10 Å². The third kappa shape index (κ3) is 4.55. The molecule has 1 amide bonds. The number of carbonyl (C=O) groups excluding carboxylic acids is 1. The summed E-state index contributed by atoms with van der Waals surface area (Å²) in [6.45, 7) is 7.44. The molecule has 1 aromatic carbocycles. The largest absolute Gasteiger partial charge is 0.367 e. The Morgan fingerprint density at radius 1 is 1.36 bits per heavy atom. The first-order valence-corrected chi connectivity index (χ1v) is 8.21. The van der Waals surface area contributed by atoms with Gasteiger partial charge in [-0.05, 0) is 44.7 Å². The standard InChI is InChI=1S/C18H28N2O2/c1-14(2)20-11-7-8-15(13-20)12-19-18(21)17(22-3)16-9-5-4-6-10-16/h4-6,9-10,14-15,17H,7-8,11-13H2,1-3H3,(H,19,21)/t15-,17-/m1/s1. The van der Waals surface area contributed by atoms with Crippen LogP contribution < -0.4 is 5.32 Å². The summed E-state index contributed by atoms with van der Waals surface area (Å²) in [6.07, 6.45) is 1.88. The number of nitrogens with zero attached hydrogens (tertiary/aromatic N) is 1. The van der Waals surface area contributed by atoms with Gasteiger partial charge in [-0.25, -0.2) is 0 Å². The molecule has 122 valence electrons. The molecule has 4 heteroatoms. The second-order valence-corrected chi connectivity index (χ2v) is 6.37. The molecule has 0 saturated carbocycles. The number of rotatable bonds is 6. The Labute approximate surface area is 133 Å². The SMILES string of the molecule is CO[C@@H](C(=O)NC[C@H]1CCCN(C(C)C)C1)c1ccccc1. The van der Waals surface area contributed by atoms with E-state index in [0.29, 0.717) is 12.0 Å². The van der Waals surface area contributed by atoms with Crippen molar-refractivity contribution >= 4 is 5.91 Å². The number of ether oxygens (including phenoxy) is 1. The Bertz CT molecular complexity index is 461. The molecule has 0 aromatic heterocycles. The van der Waals surface area contributed by atoms with Crippen molar-refractivity contribution in [3.8, 4) is 0 Å². The van der Waals surface area contributed by atoms with Crippen LogP contribution in [-0.4, -0.2) is 43.6 Å². The Hall–Kier alpha value is -1.39. The van der Waals surface area contributed by atoms with E-state index in [1.165, 1.54) is 19.4 Å². The molecule has 1 N–H and O–H groups in total. The summed E-state index contributed by atoms with van der Waals surface area (Å²) < 4.78 is 5.37. The number of amides is 1. The van der Waals surface area contributed by atoms with E-state index < -0.39 is 6.10 Å². The minimum Gasteiger partial charge on any atom is -0.367 e. The van der Waals surface area contributed by atoms with E-state index in [1.807, 2.05) is 30.3 Å². The zero-order valence-electron chi connectivity index (χ0n) is 13.9. The number of hydrogen-bond donors (Lipinski definition) is 1. The van der Waals surface area contributed by atoms with Crippen molar-refractivity contribution in [1.82, 2.24) is 10.2 Å². The normalized spacial score (nSPS) is 20.8. The topological polar surface area (TPSA) is 41.6 Å². The van der Waals surface area contributed by atoms with Crippen molar-refractivity contribution in [2.75, 3.05) is 26.7 Å². The molecule has 1 saturated heterocycles. The Balaban J connectivity index is 1.86. The van der Waals surface area contributed by atoms with E-state index in [-0.39, 0.29) is 5.91 Å². The van der Waals surface area contributed by atoms with Crippen LogP contribution in [0.3, 0.4) is 0 Å². The number of benzene rings is 1. The zero-order chi connectivity index (χ0) is 15.9. The first kappa shape index (κ1) is 17.0.